The molecule has 0 amide bonds. The van der Waals surface area contributed by atoms with E-state index in [2.05, 4.69) is 4.85 Å². The zero-order valence-electron chi connectivity index (χ0n) is 14.8. The molecule has 0 aliphatic carbocycles. The van der Waals surface area contributed by atoms with Gasteiger partial charge in [0.15, 0.2) is 0 Å². The van der Waals surface area contributed by atoms with E-state index < -0.39 is 5.82 Å². The van der Waals surface area contributed by atoms with Gasteiger partial charge in [0.2, 0.25) is 5.69 Å². The second kappa shape index (κ2) is 7.23. The summed E-state index contributed by atoms with van der Waals surface area (Å²) in [6.45, 7) is 7.29. The molecule has 0 bridgehead atoms. The lowest BCUT2D eigenvalue weighted by Gasteiger charge is -2.27. The average molecular weight is 363 g/mol. The molecule has 0 radical (unpaired) electrons. The first-order valence-electron chi connectivity index (χ1n) is 8.67. The van der Waals surface area contributed by atoms with Crippen molar-refractivity contribution in [2.24, 2.45) is 0 Å². The maximum Gasteiger partial charge on any atom is 0.225 e. The van der Waals surface area contributed by atoms with Crippen LogP contribution in [-0.4, -0.2) is 0 Å². The number of para-hydroxylation sites is 1. The lowest BCUT2D eigenvalue weighted by molar-refractivity contribution is 0.630. The van der Waals surface area contributed by atoms with Crippen LogP contribution in [0.15, 0.2) is 84.9 Å². The van der Waals surface area contributed by atoms with Crippen LogP contribution in [0, 0.1) is 23.7 Å². The number of hydrogen-bond acceptors (Lipinski definition) is 2. The molecule has 0 saturated carbocycles. The number of benzene rings is 4. The van der Waals surface area contributed by atoms with E-state index in [9.17, 15) is 9.65 Å². The first-order chi connectivity index (χ1) is 13.7. The molecule has 3 nitrogen and oxygen atoms in total. The number of nitrogens with zero attached hydrogens (tertiary/aromatic N) is 3. The van der Waals surface area contributed by atoms with Crippen molar-refractivity contribution < 1.29 is 4.39 Å². The molecule has 4 rings (SSSR count). The van der Waals surface area contributed by atoms with E-state index >= 15 is 0 Å². The van der Waals surface area contributed by atoms with Gasteiger partial charge in [0.25, 0.3) is 0 Å². The summed E-state index contributed by atoms with van der Waals surface area (Å²) in [5, 5.41) is 11.4. The number of anilines is 3. The summed E-state index contributed by atoms with van der Waals surface area (Å²) in [7, 11) is 0. The number of hydrogen-bond donors (Lipinski definition) is 0. The lowest BCUT2D eigenvalue weighted by atomic mass is 10.1. The van der Waals surface area contributed by atoms with Crippen LogP contribution in [0.1, 0.15) is 5.56 Å². The predicted molar refractivity (Wildman–Crippen MR) is 110 cm³/mol. The normalized spacial score (nSPS) is 10.2. The van der Waals surface area contributed by atoms with Crippen LogP contribution in [0.3, 0.4) is 0 Å². The lowest BCUT2D eigenvalue weighted by Crippen LogP contribution is -2.11. The molecule has 0 heterocycles. The van der Waals surface area contributed by atoms with Crippen molar-refractivity contribution in [3.05, 3.63) is 108 Å². The van der Waals surface area contributed by atoms with E-state index in [1.807, 2.05) is 83.8 Å². The van der Waals surface area contributed by atoms with E-state index in [4.69, 9.17) is 6.57 Å². The Morgan fingerprint density at radius 3 is 2.32 bits per heavy atom. The minimum absolute atomic E-state index is 0.148. The van der Waals surface area contributed by atoms with Crippen LogP contribution in [0.2, 0.25) is 0 Å². The highest BCUT2D eigenvalue weighted by atomic mass is 19.1. The SMILES string of the molecule is [C-]#[N+]c1cc(N(c2ccccc2)c2cccc3ccccc23)cc(C#N)c1F. The van der Waals surface area contributed by atoms with Crippen LogP contribution in [-0.2, 0) is 0 Å². The van der Waals surface area contributed by atoms with Gasteiger partial charge in [0, 0.05) is 16.8 Å². The van der Waals surface area contributed by atoms with E-state index in [1.165, 1.54) is 12.1 Å². The number of nitriles is 1. The maximum absolute atomic E-state index is 14.3. The van der Waals surface area contributed by atoms with E-state index in [-0.39, 0.29) is 11.3 Å². The molecule has 0 N–H and O–H groups in total. The molecular weight excluding hydrogens is 349 g/mol. The zero-order chi connectivity index (χ0) is 19.5. The van der Waals surface area contributed by atoms with Crippen LogP contribution in [0.25, 0.3) is 15.6 Å². The van der Waals surface area contributed by atoms with E-state index in [1.54, 1.807) is 0 Å². The topological polar surface area (TPSA) is 31.4 Å². The molecule has 4 aromatic carbocycles. The molecule has 0 aliphatic heterocycles. The Hall–Kier alpha value is -4.15. The molecule has 0 aromatic heterocycles. The van der Waals surface area contributed by atoms with Crippen LogP contribution in [0.4, 0.5) is 27.1 Å². The summed E-state index contributed by atoms with van der Waals surface area (Å²) >= 11 is 0. The molecule has 0 spiro atoms. The third-order valence-corrected chi connectivity index (χ3v) is 4.56. The molecular formula is C24H14FN3. The van der Waals surface area contributed by atoms with Gasteiger partial charge in [0.1, 0.15) is 11.9 Å². The Balaban J connectivity index is 2.04. The van der Waals surface area contributed by atoms with Crippen molar-refractivity contribution >= 4 is 33.5 Å². The Kier molecular flexibility index (Phi) is 4.46. The standard InChI is InChI=1S/C24H14FN3/c1-27-22-15-20(14-18(16-26)24(22)25)28(19-10-3-2-4-11-19)23-13-7-9-17-8-5-6-12-21(17)23/h2-15H. The summed E-state index contributed by atoms with van der Waals surface area (Å²) < 4.78 is 14.3. The minimum Gasteiger partial charge on any atom is -0.311 e. The second-order valence-electron chi connectivity index (χ2n) is 6.22. The highest BCUT2D eigenvalue weighted by Gasteiger charge is 2.19. The summed E-state index contributed by atoms with van der Waals surface area (Å²) in [6.07, 6.45) is 0. The number of halogens is 1. The zero-order valence-corrected chi connectivity index (χ0v) is 14.8. The van der Waals surface area contributed by atoms with E-state index in [0.29, 0.717) is 5.69 Å². The van der Waals surface area contributed by atoms with Gasteiger partial charge >= 0.3 is 0 Å². The highest BCUT2D eigenvalue weighted by molar-refractivity contribution is 5.99. The van der Waals surface area contributed by atoms with Gasteiger partial charge in [-0.05, 0) is 35.7 Å². The van der Waals surface area contributed by atoms with Gasteiger partial charge in [-0.25, -0.2) is 9.24 Å². The molecule has 132 valence electrons. The van der Waals surface area contributed by atoms with Gasteiger partial charge in [-0.15, -0.1) is 0 Å². The van der Waals surface area contributed by atoms with Gasteiger partial charge in [-0.1, -0.05) is 54.6 Å². The van der Waals surface area contributed by atoms with Crippen molar-refractivity contribution in [1.29, 1.82) is 5.26 Å². The highest BCUT2D eigenvalue weighted by Crippen LogP contribution is 2.41. The smallest absolute Gasteiger partial charge is 0.225 e. The van der Waals surface area contributed by atoms with Crippen molar-refractivity contribution in [2.45, 2.75) is 0 Å². The molecule has 0 atom stereocenters. The maximum atomic E-state index is 14.3. The Bertz CT molecular complexity index is 1210. The van der Waals surface area contributed by atoms with Crippen molar-refractivity contribution in [3.8, 4) is 6.07 Å². The van der Waals surface area contributed by atoms with Gasteiger partial charge in [0.05, 0.1) is 17.8 Å². The van der Waals surface area contributed by atoms with Gasteiger partial charge in [-0.2, -0.15) is 5.26 Å². The molecule has 4 aromatic rings. The third-order valence-electron chi connectivity index (χ3n) is 4.56. The first kappa shape index (κ1) is 17.3. The Morgan fingerprint density at radius 1 is 0.857 bits per heavy atom. The number of rotatable bonds is 3. The first-order valence-corrected chi connectivity index (χ1v) is 8.67. The molecule has 28 heavy (non-hydrogen) atoms. The number of fused-ring (bicyclic) bond motifs is 1. The summed E-state index contributed by atoms with van der Waals surface area (Å²) in [4.78, 5) is 5.21. The Morgan fingerprint density at radius 2 is 1.57 bits per heavy atom. The van der Waals surface area contributed by atoms with E-state index in [0.717, 1.165) is 22.1 Å². The quantitative estimate of drug-likeness (QED) is 0.372. The summed E-state index contributed by atoms with van der Waals surface area (Å²) in [5.41, 5.74) is 1.98. The molecule has 0 saturated heterocycles. The monoisotopic (exact) mass is 363 g/mol. The van der Waals surface area contributed by atoms with Crippen LogP contribution < -0.4 is 4.90 Å². The molecule has 4 heteroatoms. The summed E-state index contributed by atoms with van der Waals surface area (Å²) in [6, 6.07) is 28.4. The average Bonchev–Trinajstić information content (AvgIpc) is 2.75. The fourth-order valence-corrected chi connectivity index (χ4v) is 3.29. The summed E-state index contributed by atoms with van der Waals surface area (Å²) in [5.74, 6) is -0.785. The van der Waals surface area contributed by atoms with Crippen LogP contribution in [0.5, 0.6) is 0 Å². The van der Waals surface area contributed by atoms with Crippen LogP contribution >= 0.6 is 0 Å². The third kappa shape index (κ3) is 2.94. The van der Waals surface area contributed by atoms with Gasteiger partial charge < -0.3 is 4.90 Å². The van der Waals surface area contributed by atoms with Crippen molar-refractivity contribution in [2.75, 3.05) is 4.90 Å². The van der Waals surface area contributed by atoms with Gasteiger partial charge in [-0.3, -0.25) is 0 Å². The minimum atomic E-state index is -0.785. The van der Waals surface area contributed by atoms with Crippen molar-refractivity contribution in [3.63, 3.8) is 0 Å². The van der Waals surface area contributed by atoms with Crippen molar-refractivity contribution in [1.82, 2.24) is 0 Å². The molecule has 0 unspecified atom stereocenters. The fraction of sp³-hybridized carbons (Fsp3) is 0. The second-order valence-corrected chi connectivity index (χ2v) is 6.22. The molecule has 0 aliphatic rings. The predicted octanol–water partition coefficient (Wildman–Crippen LogP) is 6.87. The fourth-order valence-electron chi connectivity index (χ4n) is 3.29. The molecule has 0 fully saturated rings. The Labute approximate surface area is 162 Å². The largest absolute Gasteiger partial charge is 0.311 e.